The predicted octanol–water partition coefficient (Wildman–Crippen LogP) is 0.427. The van der Waals surface area contributed by atoms with Crippen LogP contribution in [0.2, 0.25) is 0 Å². The molecule has 0 unspecified atom stereocenters. The molecule has 112 valence electrons. The summed E-state index contributed by atoms with van der Waals surface area (Å²) < 4.78 is 36.9. The number of aromatic nitrogens is 3. The lowest BCUT2D eigenvalue weighted by Gasteiger charge is -2.04. The normalized spacial score (nSPS) is 11.1. The number of sulfonamides is 1. The zero-order valence-corrected chi connectivity index (χ0v) is 11.8. The van der Waals surface area contributed by atoms with Crippen LogP contribution in [0, 0.1) is 5.82 Å². The van der Waals surface area contributed by atoms with Gasteiger partial charge in [0.05, 0.1) is 12.5 Å². The van der Waals surface area contributed by atoms with Crippen molar-refractivity contribution in [3.8, 4) is 0 Å². The number of nitrogens with zero attached hydrogens (tertiary/aromatic N) is 3. The quantitative estimate of drug-likeness (QED) is 0.832. The summed E-state index contributed by atoms with van der Waals surface area (Å²) in [7, 11) is -3.45. The average molecular weight is 313 g/mol. The number of nitrogens with one attached hydrogen (secondary N) is 2. The highest BCUT2D eigenvalue weighted by molar-refractivity contribution is 7.92. The van der Waals surface area contributed by atoms with E-state index in [9.17, 15) is 17.6 Å². The molecule has 1 amide bonds. The number of carbonyl (C=O) groups excluding carboxylic acids is 1. The largest absolute Gasteiger partial charge is 0.324 e. The number of anilines is 2. The Balaban J connectivity index is 1.95. The van der Waals surface area contributed by atoms with Crippen molar-refractivity contribution in [2.45, 2.75) is 6.54 Å². The molecule has 2 aromatic rings. The number of benzene rings is 1. The Morgan fingerprint density at radius 1 is 1.33 bits per heavy atom. The molecule has 1 aromatic heterocycles. The van der Waals surface area contributed by atoms with Crippen LogP contribution in [-0.4, -0.2) is 35.6 Å². The van der Waals surface area contributed by atoms with Crippen LogP contribution in [0.25, 0.3) is 0 Å². The van der Waals surface area contributed by atoms with Crippen LogP contribution in [0.3, 0.4) is 0 Å². The maximum absolute atomic E-state index is 12.7. The summed E-state index contributed by atoms with van der Waals surface area (Å²) in [5, 5.41) is 10.1. The average Bonchev–Trinajstić information content (AvgIpc) is 2.77. The van der Waals surface area contributed by atoms with Gasteiger partial charge >= 0.3 is 0 Å². The Hall–Kier alpha value is -2.49. The summed E-state index contributed by atoms with van der Waals surface area (Å²) in [5.74, 6) is -0.812. The SMILES string of the molecule is CS(=O)(=O)Nc1cnn(CC(=O)Nc2ccc(F)cc2)n1. The van der Waals surface area contributed by atoms with E-state index in [1.54, 1.807) is 0 Å². The van der Waals surface area contributed by atoms with Gasteiger partial charge in [0.1, 0.15) is 12.4 Å². The molecular weight excluding hydrogens is 301 g/mol. The van der Waals surface area contributed by atoms with Crippen molar-refractivity contribution in [1.29, 1.82) is 0 Å². The first-order valence-corrected chi connectivity index (χ1v) is 7.64. The first kappa shape index (κ1) is 14.9. The van der Waals surface area contributed by atoms with Crippen molar-refractivity contribution in [3.05, 3.63) is 36.3 Å². The lowest BCUT2D eigenvalue weighted by molar-refractivity contribution is -0.117. The molecule has 2 rings (SSSR count). The second kappa shape index (κ2) is 5.87. The molecule has 2 N–H and O–H groups in total. The highest BCUT2D eigenvalue weighted by Gasteiger charge is 2.09. The minimum Gasteiger partial charge on any atom is -0.324 e. The maximum Gasteiger partial charge on any atom is 0.247 e. The first-order chi connectivity index (χ1) is 9.82. The molecule has 1 aromatic carbocycles. The van der Waals surface area contributed by atoms with Crippen LogP contribution in [0.4, 0.5) is 15.9 Å². The zero-order chi connectivity index (χ0) is 15.5. The standard InChI is InChI=1S/C11H12FN5O3S/c1-21(19,20)16-10-6-13-17(15-10)7-11(18)14-9-4-2-8(12)3-5-9/h2-6H,7H2,1H3,(H,14,18)(H,15,16). The number of carbonyl (C=O) groups is 1. The van der Waals surface area contributed by atoms with Crippen molar-refractivity contribution in [3.63, 3.8) is 0 Å². The van der Waals surface area contributed by atoms with Crippen molar-refractivity contribution in [1.82, 2.24) is 15.0 Å². The van der Waals surface area contributed by atoms with Gasteiger partial charge in [-0.05, 0) is 24.3 Å². The molecule has 0 aliphatic carbocycles. The van der Waals surface area contributed by atoms with Crippen LogP contribution >= 0.6 is 0 Å². The lowest BCUT2D eigenvalue weighted by Crippen LogP contribution is -2.20. The fourth-order valence-electron chi connectivity index (χ4n) is 1.47. The molecule has 8 nitrogen and oxygen atoms in total. The minimum absolute atomic E-state index is 0.0204. The van der Waals surface area contributed by atoms with Crippen molar-refractivity contribution < 1.29 is 17.6 Å². The van der Waals surface area contributed by atoms with Crippen molar-refractivity contribution in [2.75, 3.05) is 16.3 Å². The van der Waals surface area contributed by atoms with Crippen molar-refractivity contribution >= 4 is 27.4 Å². The molecule has 0 radical (unpaired) electrons. The number of rotatable bonds is 5. The fourth-order valence-corrected chi connectivity index (χ4v) is 1.95. The van der Waals surface area contributed by atoms with E-state index in [4.69, 9.17) is 0 Å². The van der Waals surface area contributed by atoms with Crippen LogP contribution in [0.5, 0.6) is 0 Å². The molecule has 1 heterocycles. The molecule has 0 aliphatic heterocycles. The predicted molar refractivity (Wildman–Crippen MR) is 73.5 cm³/mol. The monoisotopic (exact) mass is 313 g/mol. The third-order valence-corrected chi connectivity index (χ3v) is 2.82. The maximum atomic E-state index is 12.7. The first-order valence-electron chi connectivity index (χ1n) is 5.75. The number of amides is 1. The summed E-state index contributed by atoms with van der Waals surface area (Å²) >= 11 is 0. The van der Waals surface area contributed by atoms with E-state index >= 15 is 0 Å². The van der Waals surface area contributed by atoms with Gasteiger partial charge in [0, 0.05) is 5.69 Å². The zero-order valence-electron chi connectivity index (χ0n) is 10.9. The van der Waals surface area contributed by atoms with Gasteiger partial charge in [-0.2, -0.15) is 9.90 Å². The van der Waals surface area contributed by atoms with E-state index in [1.165, 1.54) is 30.5 Å². The number of hydrogen-bond donors (Lipinski definition) is 2. The Kier molecular flexibility index (Phi) is 4.17. The molecule has 0 spiro atoms. The van der Waals surface area contributed by atoms with Crippen molar-refractivity contribution in [2.24, 2.45) is 0 Å². The van der Waals surface area contributed by atoms with E-state index in [-0.39, 0.29) is 12.4 Å². The molecular formula is C11H12FN5O3S. The molecule has 21 heavy (non-hydrogen) atoms. The Bertz CT molecular complexity index is 741. The second-order valence-corrected chi connectivity index (χ2v) is 5.94. The molecule has 0 aliphatic rings. The third-order valence-electron chi connectivity index (χ3n) is 2.24. The summed E-state index contributed by atoms with van der Waals surface area (Å²) in [6.45, 7) is -0.206. The highest BCUT2D eigenvalue weighted by atomic mass is 32.2. The summed E-state index contributed by atoms with van der Waals surface area (Å²) in [6, 6.07) is 5.27. The topological polar surface area (TPSA) is 106 Å². The molecule has 0 fully saturated rings. The van der Waals surface area contributed by atoms with Gasteiger partial charge in [0.2, 0.25) is 15.9 Å². The van der Waals surface area contributed by atoms with E-state index < -0.39 is 21.7 Å². The van der Waals surface area contributed by atoms with E-state index in [1.807, 2.05) is 0 Å². The second-order valence-electron chi connectivity index (χ2n) is 4.19. The number of hydrogen-bond acceptors (Lipinski definition) is 5. The van der Waals surface area contributed by atoms with Gasteiger partial charge in [0.25, 0.3) is 0 Å². The Morgan fingerprint density at radius 3 is 2.62 bits per heavy atom. The van der Waals surface area contributed by atoms with E-state index in [0.717, 1.165) is 11.1 Å². The van der Waals surface area contributed by atoms with Gasteiger partial charge < -0.3 is 5.32 Å². The molecule has 0 atom stereocenters. The smallest absolute Gasteiger partial charge is 0.247 e. The number of halogens is 1. The fraction of sp³-hybridized carbons (Fsp3) is 0.182. The van der Waals surface area contributed by atoms with Gasteiger partial charge in [0.15, 0.2) is 5.82 Å². The highest BCUT2D eigenvalue weighted by Crippen LogP contribution is 2.08. The van der Waals surface area contributed by atoms with Gasteiger partial charge in [-0.3, -0.25) is 9.52 Å². The lowest BCUT2D eigenvalue weighted by atomic mass is 10.3. The molecule has 0 bridgehead atoms. The molecule has 0 saturated heterocycles. The summed E-state index contributed by atoms with van der Waals surface area (Å²) in [6.07, 6.45) is 2.17. The summed E-state index contributed by atoms with van der Waals surface area (Å²) in [4.78, 5) is 12.8. The third kappa shape index (κ3) is 4.84. The summed E-state index contributed by atoms with van der Waals surface area (Å²) in [5.41, 5.74) is 0.433. The van der Waals surface area contributed by atoms with Crippen LogP contribution in [0.15, 0.2) is 30.5 Å². The Labute approximate surface area is 120 Å². The Morgan fingerprint density at radius 2 is 2.00 bits per heavy atom. The van der Waals surface area contributed by atoms with Crippen LogP contribution in [0.1, 0.15) is 0 Å². The van der Waals surface area contributed by atoms with Crippen LogP contribution < -0.4 is 10.0 Å². The molecule has 10 heteroatoms. The van der Waals surface area contributed by atoms with Gasteiger partial charge in [-0.25, -0.2) is 12.8 Å². The van der Waals surface area contributed by atoms with E-state index in [2.05, 4.69) is 20.2 Å². The van der Waals surface area contributed by atoms with E-state index in [0.29, 0.717) is 5.69 Å². The van der Waals surface area contributed by atoms with Gasteiger partial charge in [-0.1, -0.05) is 0 Å². The minimum atomic E-state index is -3.45. The molecule has 0 saturated carbocycles. The van der Waals surface area contributed by atoms with Crippen LogP contribution in [-0.2, 0) is 21.4 Å². The van der Waals surface area contributed by atoms with Gasteiger partial charge in [-0.15, -0.1) is 5.10 Å².